The van der Waals surface area contributed by atoms with Gasteiger partial charge in [-0.15, -0.1) is 0 Å². The van der Waals surface area contributed by atoms with Crippen molar-refractivity contribution in [2.75, 3.05) is 25.6 Å². The van der Waals surface area contributed by atoms with Crippen molar-refractivity contribution in [3.05, 3.63) is 58.7 Å². The van der Waals surface area contributed by atoms with Gasteiger partial charge in [0, 0.05) is 19.2 Å². The normalized spacial score (nSPS) is 17.5. The van der Waals surface area contributed by atoms with Crippen LogP contribution in [0.25, 0.3) is 0 Å². The second-order valence-corrected chi connectivity index (χ2v) is 8.99. The number of aliphatic imine (C=N–C) groups is 1. The Labute approximate surface area is 188 Å². The van der Waals surface area contributed by atoms with E-state index in [1.165, 1.54) is 17.3 Å². The summed E-state index contributed by atoms with van der Waals surface area (Å²) in [5.41, 5.74) is 5.96. The lowest BCUT2D eigenvalue weighted by atomic mass is 10.1. The maximum absolute atomic E-state index is 13.0. The Balaban J connectivity index is 1.77. The van der Waals surface area contributed by atoms with Gasteiger partial charge in [0.1, 0.15) is 5.25 Å². The lowest BCUT2D eigenvalue weighted by molar-refractivity contribution is -0.128. The SMILES string of the molecule is COCCN1C(=O)C(CC(=O)Nc2cc(C)ccc2C)SC1=Nc1ccc(C)c(C)c1. The third kappa shape index (κ3) is 5.74. The molecule has 1 aliphatic rings. The van der Waals surface area contributed by atoms with Crippen LogP contribution < -0.4 is 5.32 Å². The van der Waals surface area contributed by atoms with Gasteiger partial charge in [0.15, 0.2) is 5.17 Å². The van der Waals surface area contributed by atoms with Crippen LogP contribution in [0.3, 0.4) is 0 Å². The molecule has 6 nitrogen and oxygen atoms in total. The standard InChI is InChI=1S/C24H29N3O3S/c1-15-6-7-17(3)20(12-15)26-22(28)14-21-23(29)27(10-11-30-5)24(31-21)25-19-9-8-16(2)18(4)13-19/h6-9,12-13,21H,10-11,14H2,1-5H3,(H,26,28). The summed E-state index contributed by atoms with van der Waals surface area (Å²) < 4.78 is 5.17. The Hall–Kier alpha value is -2.64. The predicted molar refractivity (Wildman–Crippen MR) is 127 cm³/mol. The van der Waals surface area contributed by atoms with E-state index in [0.717, 1.165) is 28.1 Å². The second-order valence-electron chi connectivity index (χ2n) is 7.82. The van der Waals surface area contributed by atoms with Crippen molar-refractivity contribution in [2.45, 2.75) is 39.4 Å². The highest BCUT2D eigenvalue weighted by atomic mass is 32.2. The zero-order chi connectivity index (χ0) is 22.5. The number of nitrogens with one attached hydrogen (secondary N) is 1. The number of methoxy groups -OCH3 is 1. The fourth-order valence-corrected chi connectivity index (χ4v) is 4.44. The fourth-order valence-electron chi connectivity index (χ4n) is 3.26. The lowest BCUT2D eigenvalue weighted by Gasteiger charge is -2.16. The van der Waals surface area contributed by atoms with Crippen LogP contribution in [0, 0.1) is 27.7 Å². The van der Waals surface area contributed by atoms with E-state index in [1.807, 2.05) is 57.2 Å². The molecular weight excluding hydrogens is 410 g/mol. The number of thioether (sulfide) groups is 1. The highest BCUT2D eigenvalue weighted by molar-refractivity contribution is 8.15. The molecule has 1 aliphatic heterocycles. The van der Waals surface area contributed by atoms with E-state index in [0.29, 0.717) is 18.3 Å². The summed E-state index contributed by atoms with van der Waals surface area (Å²) in [5, 5.41) is 3.05. The maximum atomic E-state index is 13.0. The Morgan fingerprint density at radius 3 is 2.55 bits per heavy atom. The average Bonchev–Trinajstić information content (AvgIpc) is 3.00. The molecule has 7 heteroatoms. The van der Waals surface area contributed by atoms with Crippen molar-refractivity contribution in [3.8, 4) is 0 Å². The van der Waals surface area contributed by atoms with Gasteiger partial charge in [0.05, 0.1) is 18.8 Å². The van der Waals surface area contributed by atoms with Crippen LogP contribution in [0.5, 0.6) is 0 Å². The first kappa shape index (κ1) is 23.0. The molecule has 0 aliphatic carbocycles. The number of anilines is 1. The molecule has 0 bridgehead atoms. The molecule has 3 rings (SSSR count). The van der Waals surface area contributed by atoms with Crippen LogP contribution >= 0.6 is 11.8 Å². The number of nitrogens with zero attached hydrogens (tertiary/aromatic N) is 2. The first-order valence-corrected chi connectivity index (χ1v) is 11.2. The summed E-state index contributed by atoms with van der Waals surface area (Å²) >= 11 is 1.34. The van der Waals surface area contributed by atoms with Crippen molar-refractivity contribution >= 4 is 40.1 Å². The molecule has 1 saturated heterocycles. The highest BCUT2D eigenvalue weighted by Gasteiger charge is 2.39. The van der Waals surface area contributed by atoms with Gasteiger partial charge in [-0.3, -0.25) is 14.5 Å². The Morgan fingerprint density at radius 1 is 1.10 bits per heavy atom. The molecule has 1 atom stereocenters. The van der Waals surface area contributed by atoms with Gasteiger partial charge in [-0.2, -0.15) is 0 Å². The van der Waals surface area contributed by atoms with Crippen LogP contribution in [0.1, 0.15) is 28.7 Å². The Bertz CT molecular complexity index is 1020. The highest BCUT2D eigenvalue weighted by Crippen LogP contribution is 2.32. The van der Waals surface area contributed by atoms with Crippen molar-refractivity contribution in [1.29, 1.82) is 0 Å². The van der Waals surface area contributed by atoms with Gasteiger partial charge < -0.3 is 10.1 Å². The summed E-state index contributed by atoms with van der Waals surface area (Å²) in [6.45, 7) is 8.82. The van der Waals surface area contributed by atoms with Crippen molar-refractivity contribution < 1.29 is 14.3 Å². The van der Waals surface area contributed by atoms with Gasteiger partial charge in [-0.1, -0.05) is 30.0 Å². The average molecular weight is 440 g/mol. The molecular formula is C24H29N3O3S. The van der Waals surface area contributed by atoms with Crippen molar-refractivity contribution in [2.24, 2.45) is 4.99 Å². The van der Waals surface area contributed by atoms with E-state index in [2.05, 4.69) is 12.2 Å². The van der Waals surface area contributed by atoms with Gasteiger partial charge in [-0.05, 0) is 68.1 Å². The molecule has 1 N–H and O–H groups in total. The first-order chi connectivity index (χ1) is 14.8. The summed E-state index contributed by atoms with van der Waals surface area (Å²) in [6.07, 6.45) is 0.0896. The number of hydrogen-bond acceptors (Lipinski definition) is 5. The summed E-state index contributed by atoms with van der Waals surface area (Å²) in [4.78, 5) is 32.0. The molecule has 0 spiro atoms. The van der Waals surface area contributed by atoms with Crippen LogP contribution in [0.2, 0.25) is 0 Å². The fraction of sp³-hybridized carbons (Fsp3) is 0.375. The molecule has 0 aromatic heterocycles. The predicted octanol–water partition coefficient (Wildman–Crippen LogP) is 4.53. The third-order valence-electron chi connectivity index (χ3n) is 5.29. The van der Waals surface area contributed by atoms with Crippen molar-refractivity contribution in [1.82, 2.24) is 4.90 Å². The molecule has 164 valence electrons. The third-order valence-corrected chi connectivity index (χ3v) is 6.47. The zero-order valence-electron chi connectivity index (χ0n) is 18.7. The second kappa shape index (κ2) is 10.1. The molecule has 2 aromatic rings. The topological polar surface area (TPSA) is 71.0 Å². The van der Waals surface area contributed by atoms with E-state index < -0.39 is 5.25 Å². The first-order valence-electron chi connectivity index (χ1n) is 10.3. The van der Waals surface area contributed by atoms with Gasteiger partial charge >= 0.3 is 0 Å². The quantitative estimate of drug-likeness (QED) is 0.688. The molecule has 31 heavy (non-hydrogen) atoms. The van der Waals surface area contributed by atoms with E-state index >= 15 is 0 Å². The molecule has 0 saturated carbocycles. The van der Waals surface area contributed by atoms with Crippen LogP contribution in [-0.4, -0.2) is 47.4 Å². The molecule has 1 fully saturated rings. The minimum Gasteiger partial charge on any atom is -0.383 e. The number of amidine groups is 1. The summed E-state index contributed by atoms with van der Waals surface area (Å²) in [7, 11) is 1.60. The lowest BCUT2D eigenvalue weighted by Crippen LogP contribution is -2.35. The van der Waals surface area contributed by atoms with Gasteiger partial charge in [0.2, 0.25) is 11.8 Å². The number of amides is 2. The monoisotopic (exact) mass is 439 g/mol. The van der Waals surface area contributed by atoms with Crippen LogP contribution in [0.4, 0.5) is 11.4 Å². The van der Waals surface area contributed by atoms with E-state index in [4.69, 9.17) is 9.73 Å². The Morgan fingerprint density at radius 2 is 1.84 bits per heavy atom. The Kier molecular flexibility index (Phi) is 7.51. The van der Waals surface area contributed by atoms with Gasteiger partial charge in [-0.25, -0.2) is 4.99 Å². The number of carbonyl (C=O) groups is 2. The van der Waals surface area contributed by atoms with E-state index in [1.54, 1.807) is 12.0 Å². The number of rotatable bonds is 7. The van der Waals surface area contributed by atoms with Crippen LogP contribution in [0.15, 0.2) is 41.4 Å². The minimum absolute atomic E-state index is 0.0896. The summed E-state index contributed by atoms with van der Waals surface area (Å²) in [6, 6.07) is 11.9. The number of aryl methyl sites for hydroxylation is 4. The largest absolute Gasteiger partial charge is 0.383 e. The zero-order valence-corrected chi connectivity index (χ0v) is 19.5. The van der Waals surface area contributed by atoms with Crippen LogP contribution in [-0.2, 0) is 14.3 Å². The number of hydrogen-bond donors (Lipinski definition) is 1. The van der Waals surface area contributed by atoms with E-state index in [-0.39, 0.29) is 18.2 Å². The van der Waals surface area contributed by atoms with Gasteiger partial charge in [0.25, 0.3) is 0 Å². The van der Waals surface area contributed by atoms with E-state index in [9.17, 15) is 9.59 Å². The number of ether oxygens (including phenoxy) is 1. The number of carbonyl (C=O) groups excluding carboxylic acids is 2. The molecule has 1 heterocycles. The number of benzene rings is 2. The molecule has 2 amide bonds. The molecule has 0 radical (unpaired) electrons. The minimum atomic E-state index is -0.507. The summed E-state index contributed by atoms with van der Waals surface area (Å²) in [5.74, 6) is -0.292. The smallest absolute Gasteiger partial charge is 0.242 e. The maximum Gasteiger partial charge on any atom is 0.242 e. The molecule has 2 aromatic carbocycles. The molecule has 1 unspecified atom stereocenters. The van der Waals surface area contributed by atoms with Crippen molar-refractivity contribution in [3.63, 3.8) is 0 Å².